The zero-order valence-electron chi connectivity index (χ0n) is 14.1. The summed E-state index contributed by atoms with van der Waals surface area (Å²) in [6.45, 7) is 1.49. The minimum absolute atomic E-state index is 0.199. The number of nitrogens with two attached hydrogens (primary N) is 1. The Morgan fingerprint density at radius 2 is 1.69 bits per heavy atom. The van der Waals surface area contributed by atoms with E-state index in [-0.39, 0.29) is 19.0 Å². The molecule has 0 aliphatic rings. The van der Waals surface area contributed by atoms with E-state index < -0.39 is 12.0 Å². The van der Waals surface area contributed by atoms with Gasteiger partial charge in [0, 0.05) is 0 Å². The molecule has 2 aromatic carbocycles. The molecule has 0 aliphatic heterocycles. The third-order valence-corrected chi connectivity index (χ3v) is 3.11. The van der Waals surface area contributed by atoms with Crippen LogP contribution in [0.5, 0.6) is 11.5 Å². The van der Waals surface area contributed by atoms with E-state index in [9.17, 15) is 14.0 Å². The summed E-state index contributed by atoms with van der Waals surface area (Å²) in [6, 6.07) is 11.5. The van der Waals surface area contributed by atoms with Crippen molar-refractivity contribution in [3.63, 3.8) is 0 Å². The van der Waals surface area contributed by atoms with E-state index in [4.69, 9.17) is 15.2 Å². The molecule has 2 aromatic rings. The molecule has 0 aromatic heterocycles. The Labute approximate surface area is 149 Å². The van der Waals surface area contributed by atoms with E-state index in [1.165, 1.54) is 30.5 Å². The van der Waals surface area contributed by atoms with Gasteiger partial charge in [-0.2, -0.15) is 5.10 Å². The van der Waals surface area contributed by atoms with Crippen LogP contribution in [-0.2, 0) is 9.53 Å². The fourth-order valence-corrected chi connectivity index (χ4v) is 1.90. The molecule has 0 fully saturated rings. The van der Waals surface area contributed by atoms with Crippen molar-refractivity contribution in [2.75, 3.05) is 13.2 Å². The van der Waals surface area contributed by atoms with Crippen molar-refractivity contribution in [3.05, 3.63) is 59.9 Å². The highest BCUT2D eigenvalue weighted by Gasteiger charge is 2.13. The molecular formula is C18H18FN3O4. The molecule has 0 heterocycles. The fourth-order valence-electron chi connectivity index (χ4n) is 1.90. The predicted molar refractivity (Wildman–Crippen MR) is 93.4 cm³/mol. The van der Waals surface area contributed by atoms with Gasteiger partial charge in [-0.05, 0) is 61.0 Å². The average molecular weight is 359 g/mol. The molecule has 0 bridgehead atoms. The number of ether oxygens (including phenoxy) is 2. The maximum Gasteiger partial charge on any atom is 0.335 e. The van der Waals surface area contributed by atoms with Crippen LogP contribution in [0.25, 0.3) is 0 Å². The van der Waals surface area contributed by atoms with Crippen molar-refractivity contribution in [1.29, 1.82) is 0 Å². The summed E-state index contributed by atoms with van der Waals surface area (Å²) in [5.41, 5.74) is 5.84. The molecule has 0 unspecified atom stereocenters. The van der Waals surface area contributed by atoms with E-state index in [2.05, 4.69) is 5.10 Å². The Morgan fingerprint density at radius 1 is 1.12 bits per heavy atom. The summed E-state index contributed by atoms with van der Waals surface area (Å²) in [7, 11) is 0. The van der Waals surface area contributed by atoms with Gasteiger partial charge in [0.2, 0.25) is 0 Å². The van der Waals surface area contributed by atoms with Crippen LogP contribution in [0.2, 0.25) is 0 Å². The number of hydrogen-bond acceptors (Lipinski definition) is 5. The predicted octanol–water partition coefficient (Wildman–Crippen LogP) is 2.90. The molecule has 2 amide bonds. The first-order valence-electron chi connectivity index (χ1n) is 7.78. The number of rotatable bonds is 7. The molecule has 0 saturated heterocycles. The van der Waals surface area contributed by atoms with Crippen LogP contribution in [0.15, 0.2) is 53.6 Å². The Kier molecular flexibility index (Phi) is 6.67. The van der Waals surface area contributed by atoms with Gasteiger partial charge in [-0.25, -0.2) is 14.2 Å². The summed E-state index contributed by atoms with van der Waals surface area (Å²) >= 11 is 0. The van der Waals surface area contributed by atoms with Crippen molar-refractivity contribution in [2.45, 2.75) is 6.92 Å². The number of hydrogen-bond donors (Lipinski definition) is 1. The molecule has 2 rings (SSSR count). The van der Waals surface area contributed by atoms with E-state index in [1.807, 2.05) is 0 Å². The van der Waals surface area contributed by atoms with Crippen molar-refractivity contribution in [1.82, 2.24) is 5.01 Å². The minimum Gasteiger partial charge on any atom is -0.465 e. The van der Waals surface area contributed by atoms with Crippen LogP contribution in [0, 0.1) is 5.82 Å². The second kappa shape index (κ2) is 9.16. The number of benzene rings is 2. The number of urea groups is 1. The highest BCUT2D eigenvalue weighted by molar-refractivity contribution is 5.84. The van der Waals surface area contributed by atoms with E-state index >= 15 is 0 Å². The molecule has 8 heteroatoms. The number of carbonyl (C=O) groups is 2. The Hall–Kier alpha value is -3.42. The molecule has 7 nitrogen and oxygen atoms in total. The first-order chi connectivity index (χ1) is 12.5. The Balaban J connectivity index is 2.00. The summed E-state index contributed by atoms with van der Waals surface area (Å²) in [6.07, 6.45) is 1.38. The fraction of sp³-hybridized carbons (Fsp3) is 0.167. The lowest BCUT2D eigenvalue weighted by molar-refractivity contribution is -0.143. The minimum atomic E-state index is -0.870. The second-order valence-corrected chi connectivity index (χ2v) is 5.07. The highest BCUT2D eigenvalue weighted by atomic mass is 19.1. The number of esters is 1. The number of halogens is 1. The van der Waals surface area contributed by atoms with Gasteiger partial charge >= 0.3 is 12.0 Å². The summed E-state index contributed by atoms with van der Waals surface area (Å²) in [5, 5.41) is 4.70. The van der Waals surface area contributed by atoms with Gasteiger partial charge in [-0.3, -0.25) is 4.79 Å². The van der Waals surface area contributed by atoms with Gasteiger partial charge in [-0.15, -0.1) is 0 Å². The van der Waals surface area contributed by atoms with Crippen molar-refractivity contribution in [3.8, 4) is 11.5 Å². The third-order valence-electron chi connectivity index (χ3n) is 3.11. The van der Waals surface area contributed by atoms with Gasteiger partial charge in [0.1, 0.15) is 23.9 Å². The lowest BCUT2D eigenvalue weighted by atomic mass is 10.2. The molecule has 0 spiro atoms. The molecular weight excluding hydrogens is 341 g/mol. The van der Waals surface area contributed by atoms with E-state index in [1.54, 1.807) is 31.2 Å². The second-order valence-electron chi connectivity index (χ2n) is 5.07. The lowest BCUT2D eigenvalue weighted by Gasteiger charge is -2.13. The first-order valence-corrected chi connectivity index (χ1v) is 7.78. The smallest absolute Gasteiger partial charge is 0.335 e. The van der Waals surface area contributed by atoms with Gasteiger partial charge in [0.05, 0.1) is 12.8 Å². The number of primary amides is 1. The third kappa shape index (κ3) is 5.90. The first kappa shape index (κ1) is 18.9. The molecule has 136 valence electrons. The number of nitrogens with zero attached hydrogens (tertiary/aromatic N) is 2. The molecule has 0 atom stereocenters. The molecule has 2 N–H and O–H groups in total. The van der Waals surface area contributed by atoms with Crippen LogP contribution in [0.1, 0.15) is 12.5 Å². The zero-order chi connectivity index (χ0) is 18.9. The number of carbonyl (C=O) groups excluding carboxylic acids is 2. The molecule has 0 radical (unpaired) electrons. The van der Waals surface area contributed by atoms with Crippen molar-refractivity contribution >= 4 is 18.2 Å². The zero-order valence-corrected chi connectivity index (χ0v) is 14.1. The van der Waals surface area contributed by atoms with E-state index in [0.29, 0.717) is 17.1 Å². The normalized spacial score (nSPS) is 10.5. The van der Waals surface area contributed by atoms with Crippen LogP contribution >= 0.6 is 0 Å². The maximum atomic E-state index is 12.9. The summed E-state index contributed by atoms with van der Waals surface area (Å²) in [5.74, 6) is 0.103. The summed E-state index contributed by atoms with van der Waals surface area (Å²) in [4.78, 5) is 22.7. The van der Waals surface area contributed by atoms with Crippen molar-refractivity contribution < 1.29 is 23.5 Å². The lowest BCUT2D eigenvalue weighted by Crippen LogP contribution is -2.36. The van der Waals surface area contributed by atoms with Crippen LogP contribution in [0.4, 0.5) is 9.18 Å². The quantitative estimate of drug-likeness (QED) is 0.467. The highest BCUT2D eigenvalue weighted by Crippen LogP contribution is 2.21. The van der Waals surface area contributed by atoms with Crippen LogP contribution in [0.3, 0.4) is 0 Å². The maximum absolute atomic E-state index is 12.9. The average Bonchev–Trinajstić information content (AvgIpc) is 2.62. The molecule has 0 saturated carbocycles. The molecule has 26 heavy (non-hydrogen) atoms. The number of amides is 2. The Morgan fingerprint density at radius 3 is 2.23 bits per heavy atom. The largest absolute Gasteiger partial charge is 0.465 e. The monoisotopic (exact) mass is 359 g/mol. The van der Waals surface area contributed by atoms with Gasteiger partial charge in [0.25, 0.3) is 0 Å². The molecule has 0 aliphatic carbocycles. The van der Waals surface area contributed by atoms with Crippen LogP contribution < -0.4 is 10.5 Å². The SMILES string of the molecule is CCOC(=O)CN(N=Cc1ccc(Oc2ccc(F)cc2)cc1)C(N)=O. The van der Waals surface area contributed by atoms with E-state index in [0.717, 1.165) is 5.01 Å². The Bertz CT molecular complexity index is 776. The standard InChI is InChI=1S/C18H18FN3O4/c1-2-25-17(23)12-22(18(20)24)21-11-13-3-7-15(8-4-13)26-16-9-5-14(19)6-10-16/h3-11H,2,12H2,1H3,(H2,20,24). The van der Waals surface area contributed by atoms with Crippen LogP contribution in [-0.4, -0.2) is 36.4 Å². The topological polar surface area (TPSA) is 94.2 Å². The summed E-state index contributed by atoms with van der Waals surface area (Å²) < 4.78 is 23.2. The van der Waals surface area contributed by atoms with Gasteiger partial charge < -0.3 is 15.2 Å². The van der Waals surface area contributed by atoms with Gasteiger partial charge in [-0.1, -0.05) is 0 Å². The van der Waals surface area contributed by atoms with Gasteiger partial charge in [0.15, 0.2) is 0 Å². The number of hydrazone groups is 1. The van der Waals surface area contributed by atoms with Crippen molar-refractivity contribution in [2.24, 2.45) is 10.8 Å².